The van der Waals surface area contributed by atoms with Crippen LogP contribution in [0.1, 0.15) is 43.5 Å². The molecule has 1 heterocycles. The van der Waals surface area contributed by atoms with E-state index in [-0.39, 0.29) is 18.0 Å². The quantitative estimate of drug-likeness (QED) is 0.645. The monoisotopic (exact) mass is 332 g/mol. The van der Waals surface area contributed by atoms with E-state index in [0.29, 0.717) is 23.7 Å². The number of carbonyl (C=O) groups excluding carboxylic acids is 2. The minimum Gasteiger partial charge on any atom is -0.352 e. The first-order valence-electron chi connectivity index (χ1n) is 8.71. The Morgan fingerprint density at radius 3 is 2.62 bits per heavy atom. The highest BCUT2D eigenvalue weighted by molar-refractivity contribution is 5.95. The van der Waals surface area contributed by atoms with Crippen molar-refractivity contribution in [2.24, 2.45) is 5.92 Å². The molecule has 0 radical (unpaired) electrons. The lowest BCUT2D eigenvalue weighted by Crippen LogP contribution is -2.34. The molecule has 1 aromatic carbocycles. The van der Waals surface area contributed by atoms with E-state index in [9.17, 15) is 9.59 Å². The van der Waals surface area contributed by atoms with Crippen molar-refractivity contribution in [3.63, 3.8) is 0 Å². The fourth-order valence-electron chi connectivity index (χ4n) is 2.80. The van der Waals surface area contributed by atoms with Gasteiger partial charge in [0.1, 0.15) is 0 Å². The molecule has 1 atom stereocenters. The first-order valence-corrected chi connectivity index (χ1v) is 8.71. The van der Waals surface area contributed by atoms with Crippen molar-refractivity contribution >= 4 is 17.6 Å². The number of amides is 3. The molecule has 0 spiro atoms. The van der Waals surface area contributed by atoms with Crippen molar-refractivity contribution in [2.45, 2.75) is 39.2 Å². The van der Waals surface area contributed by atoms with Gasteiger partial charge in [-0.05, 0) is 76.4 Å². The van der Waals surface area contributed by atoms with Crippen LogP contribution < -0.4 is 21.3 Å². The number of hydrogen-bond donors (Lipinski definition) is 4. The SMILES string of the molecule is CC(C)NC(=O)Nc1ccc(C(=O)NCCC2CCCNC2)cc1. The Morgan fingerprint density at radius 2 is 2.00 bits per heavy atom. The summed E-state index contributed by atoms with van der Waals surface area (Å²) in [5.41, 5.74) is 1.27. The number of urea groups is 1. The summed E-state index contributed by atoms with van der Waals surface area (Å²) in [6, 6.07) is 6.75. The average Bonchev–Trinajstić information content (AvgIpc) is 2.55. The standard InChI is InChI=1S/C18H28N4O2/c1-13(2)21-18(24)22-16-7-5-15(6-8-16)17(23)20-11-9-14-4-3-10-19-12-14/h5-8,13-14,19H,3-4,9-12H2,1-2H3,(H,20,23)(H2,21,22,24). The van der Waals surface area contributed by atoms with Gasteiger partial charge >= 0.3 is 6.03 Å². The van der Waals surface area contributed by atoms with Crippen molar-refractivity contribution in [1.82, 2.24) is 16.0 Å². The van der Waals surface area contributed by atoms with E-state index in [1.54, 1.807) is 24.3 Å². The fourth-order valence-corrected chi connectivity index (χ4v) is 2.80. The van der Waals surface area contributed by atoms with Gasteiger partial charge < -0.3 is 21.3 Å². The molecule has 1 saturated heterocycles. The van der Waals surface area contributed by atoms with Gasteiger partial charge in [0, 0.05) is 23.8 Å². The number of nitrogens with one attached hydrogen (secondary N) is 4. The molecule has 6 nitrogen and oxygen atoms in total. The van der Waals surface area contributed by atoms with Gasteiger partial charge in [-0.3, -0.25) is 4.79 Å². The first kappa shape index (κ1) is 18.3. The van der Waals surface area contributed by atoms with E-state index >= 15 is 0 Å². The summed E-state index contributed by atoms with van der Waals surface area (Å²) in [7, 11) is 0. The second-order valence-corrected chi connectivity index (χ2v) is 6.59. The summed E-state index contributed by atoms with van der Waals surface area (Å²) < 4.78 is 0. The molecule has 24 heavy (non-hydrogen) atoms. The van der Waals surface area contributed by atoms with Crippen molar-refractivity contribution < 1.29 is 9.59 Å². The lowest BCUT2D eigenvalue weighted by Gasteiger charge is -2.22. The van der Waals surface area contributed by atoms with Gasteiger partial charge in [-0.15, -0.1) is 0 Å². The third-order valence-electron chi connectivity index (χ3n) is 4.06. The fraction of sp³-hybridized carbons (Fsp3) is 0.556. The first-order chi connectivity index (χ1) is 11.5. The lowest BCUT2D eigenvalue weighted by molar-refractivity contribution is 0.0950. The van der Waals surface area contributed by atoms with Gasteiger partial charge in [-0.2, -0.15) is 0 Å². The lowest BCUT2D eigenvalue weighted by atomic mass is 9.96. The van der Waals surface area contributed by atoms with E-state index in [1.807, 2.05) is 13.8 Å². The predicted octanol–water partition coefficient (Wildman–Crippen LogP) is 2.34. The number of carbonyl (C=O) groups is 2. The summed E-state index contributed by atoms with van der Waals surface area (Å²) in [6.45, 7) is 6.65. The van der Waals surface area contributed by atoms with Crippen LogP contribution in [0.5, 0.6) is 0 Å². The van der Waals surface area contributed by atoms with Crippen LogP contribution in [0.2, 0.25) is 0 Å². The number of benzene rings is 1. The van der Waals surface area contributed by atoms with Crippen LogP contribution in [0, 0.1) is 5.92 Å². The summed E-state index contributed by atoms with van der Waals surface area (Å²) in [5, 5.41) is 11.8. The second-order valence-electron chi connectivity index (χ2n) is 6.59. The molecule has 4 N–H and O–H groups in total. The van der Waals surface area contributed by atoms with Crippen molar-refractivity contribution in [2.75, 3.05) is 25.0 Å². The average molecular weight is 332 g/mol. The van der Waals surface area contributed by atoms with Gasteiger partial charge in [0.2, 0.25) is 0 Å². The molecular weight excluding hydrogens is 304 g/mol. The minimum absolute atomic E-state index is 0.0723. The molecule has 0 bridgehead atoms. The Kier molecular flexibility index (Phi) is 7.06. The van der Waals surface area contributed by atoms with Gasteiger partial charge in [0.05, 0.1) is 0 Å². The molecule has 1 aliphatic heterocycles. The smallest absolute Gasteiger partial charge is 0.319 e. The van der Waals surface area contributed by atoms with Crippen molar-refractivity contribution in [3.05, 3.63) is 29.8 Å². The summed E-state index contributed by atoms with van der Waals surface area (Å²) in [4.78, 5) is 23.8. The minimum atomic E-state index is -0.247. The highest BCUT2D eigenvalue weighted by Gasteiger charge is 2.13. The highest BCUT2D eigenvalue weighted by Crippen LogP contribution is 2.13. The Hall–Kier alpha value is -2.08. The number of rotatable bonds is 6. The molecule has 1 unspecified atom stereocenters. The maximum absolute atomic E-state index is 12.1. The Balaban J connectivity index is 1.75. The zero-order chi connectivity index (χ0) is 17.4. The van der Waals surface area contributed by atoms with Crippen LogP contribution in [0.4, 0.5) is 10.5 Å². The van der Waals surface area contributed by atoms with Gasteiger partial charge in [-0.25, -0.2) is 4.79 Å². The zero-order valence-electron chi connectivity index (χ0n) is 14.5. The Bertz CT molecular complexity index is 536. The molecule has 1 aromatic rings. The van der Waals surface area contributed by atoms with Crippen molar-refractivity contribution in [1.29, 1.82) is 0 Å². The van der Waals surface area contributed by atoms with E-state index in [2.05, 4.69) is 21.3 Å². The largest absolute Gasteiger partial charge is 0.352 e. The third kappa shape index (κ3) is 6.20. The molecule has 1 fully saturated rings. The zero-order valence-corrected chi connectivity index (χ0v) is 14.5. The van der Waals surface area contributed by atoms with Gasteiger partial charge in [-0.1, -0.05) is 0 Å². The van der Waals surface area contributed by atoms with Crippen molar-refractivity contribution in [3.8, 4) is 0 Å². The topological polar surface area (TPSA) is 82.3 Å². The van der Waals surface area contributed by atoms with E-state index in [1.165, 1.54) is 12.8 Å². The molecule has 1 aliphatic rings. The van der Waals surface area contributed by atoms with Crippen LogP contribution in [0.15, 0.2) is 24.3 Å². The summed E-state index contributed by atoms with van der Waals surface area (Å²) in [6.07, 6.45) is 3.47. The number of hydrogen-bond acceptors (Lipinski definition) is 3. The normalized spacial score (nSPS) is 17.4. The molecule has 0 saturated carbocycles. The van der Waals surface area contributed by atoms with E-state index < -0.39 is 0 Å². The second kappa shape index (κ2) is 9.27. The maximum atomic E-state index is 12.1. The van der Waals surface area contributed by atoms with E-state index in [0.717, 1.165) is 19.5 Å². The molecular formula is C18H28N4O2. The molecule has 6 heteroatoms. The summed E-state index contributed by atoms with van der Waals surface area (Å²) >= 11 is 0. The van der Waals surface area contributed by atoms with Gasteiger partial charge in [0.25, 0.3) is 5.91 Å². The van der Waals surface area contributed by atoms with Crippen LogP contribution in [0.3, 0.4) is 0 Å². The molecule has 2 rings (SSSR count). The van der Waals surface area contributed by atoms with Crippen LogP contribution in [0.25, 0.3) is 0 Å². The molecule has 3 amide bonds. The Morgan fingerprint density at radius 1 is 1.25 bits per heavy atom. The number of anilines is 1. The molecule has 0 aliphatic carbocycles. The van der Waals surface area contributed by atoms with Crippen LogP contribution >= 0.6 is 0 Å². The Labute approximate surface area is 143 Å². The van der Waals surface area contributed by atoms with E-state index in [4.69, 9.17) is 0 Å². The summed E-state index contributed by atoms with van der Waals surface area (Å²) in [5.74, 6) is 0.585. The van der Waals surface area contributed by atoms with Crippen LogP contribution in [-0.2, 0) is 0 Å². The highest BCUT2D eigenvalue weighted by atomic mass is 16.2. The number of piperidine rings is 1. The third-order valence-corrected chi connectivity index (χ3v) is 4.06. The van der Waals surface area contributed by atoms with Crippen LogP contribution in [-0.4, -0.2) is 37.6 Å². The maximum Gasteiger partial charge on any atom is 0.319 e. The predicted molar refractivity (Wildman–Crippen MR) is 96.3 cm³/mol. The van der Waals surface area contributed by atoms with Gasteiger partial charge in [0.15, 0.2) is 0 Å². The molecule has 132 valence electrons. The molecule has 0 aromatic heterocycles.